The molecule has 0 amide bonds. The zero-order valence-corrected chi connectivity index (χ0v) is 8.54. The van der Waals surface area contributed by atoms with Gasteiger partial charge < -0.3 is 10.3 Å². The van der Waals surface area contributed by atoms with Gasteiger partial charge in [-0.05, 0) is 6.92 Å². The van der Waals surface area contributed by atoms with Gasteiger partial charge in [0.2, 0.25) is 0 Å². The molecule has 0 radical (unpaired) electrons. The molecule has 0 saturated carbocycles. The van der Waals surface area contributed by atoms with Crippen LogP contribution in [0.15, 0.2) is 10.7 Å². The highest BCUT2D eigenvalue weighted by atomic mass is 35.5. The molecule has 2 N–H and O–H groups in total. The molecule has 0 aliphatic heterocycles. The normalized spacial score (nSPS) is 10.8. The van der Waals surface area contributed by atoms with Crippen molar-refractivity contribution in [1.82, 2.24) is 14.9 Å². The molecule has 74 valence electrons. The van der Waals surface area contributed by atoms with Gasteiger partial charge in [-0.3, -0.25) is 4.68 Å². The van der Waals surface area contributed by atoms with Crippen molar-refractivity contribution in [3.63, 3.8) is 0 Å². The van der Waals surface area contributed by atoms with Gasteiger partial charge in [0.1, 0.15) is 5.69 Å². The molecule has 2 rings (SSSR count). The fourth-order valence-corrected chi connectivity index (χ4v) is 1.49. The fraction of sp³-hybridized carbons (Fsp3) is 0.250. The Morgan fingerprint density at radius 2 is 2.29 bits per heavy atom. The number of nitrogens with two attached hydrogens (primary N) is 1. The zero-order valence-electron chi connectivity index (χ0n) is 7.78. The second-order valence-corrected chi connectivity index (χ2v) is 3.39. The molecule has 0 saturated heterocycles. The summed E-state index contributed by atoms with van der Waals surface area (Å²) in [5.74, 6) is 0.935. The zero-order chi connectivity index (χ0) is 10.3. The lowest BCUT2D eigenvalue weighted by atomic mass is 10.2. The molecule has 14 heavy (non-hydrogen) atoms. The van der Waals surface area contributed by atoms with Crippen LogP contribution in [0, 0.1) is 6.92 Å². The second-order valence-electron chi connectivity index (χ2n) is 2.99. The number of hydrogen-bond donors (Lipinski definition) is 1. The summed E-state index contributed by atoms with van der Waals surface area (Å²) in [6, 6.07) is 0. The van der Waals surface area contributed by atoms with E-state index in [1.165, 1.54) is 0 Å². The van der Waals surface area contributed by atoms with Crippen LogP contribution in [0.4, 0.5) is 5.82 Å². The first kappa shape index (κ1) is 9.08. The average molecular weight is 213 g/mol. The van der Waals surface area contributed by atoms with Crippen molar-refractivity contribution in [1.29, 1.82) is 0 Å². The first-order chi connectivity index (χ1) is 6.61. The Morgan fingerprint density at radius 3 is 2.71 bits per heavy atom. The van der Waals surface area contributed by atoms with E-state index in [2.05, 4.69) is 10.3 Å². The van der Waals surface area contributed by atoms with Gasteiger partial charge in [-0.1, -0.05) is 16.8 Å². The smallest absolute Gasteiger partial charge is 0.191 e. The van der Waals surface area contributed by atoms with Crippen LogP contribution in [0.25, 0.3) is 11.5 Å². The molecule has 6 heteroatoms. The molecule has 0 atom stereocenters. The molecule has 0 spiro atoms. The van der Waals surface area contributed by atoms with Crippen LogP contribution >= 0.6 is 11.6 Å². The maximum atomic E-state index is 5.95. The van der Waals surface area contributed by atoms with Crippen LogP contribution in [0.3, 0.4) is 0 Å². The van der Waals surface area contributed by atoms with Crippen molar-refractivity contribution >= 4 is 17.4 Å². The van der Waals surface area contributed by atoms with Crippen molar-refractivity contribution in [2.24, 2.45) is 7.05 Å². The van der Waals surface area contributed by atoms with E-state index in [0.717, 1.165) is 5.56 Å². The summed E-state index contributed by atoms with van der Waals surface area (Å²) in [5.41, 5.74) is 7.03. The Balaban J connectivity index is 2.65. The lowest BCUT2D eigenvalue weighted by molar-refractivity contribution is 0.432. The topological polar surface area (TPSA) is 69.9 Å². The van der Waals surface area contributed by atoms with Crippen LogP contribution in [-0.2, 0) is 7.05 Å². The number of nitrogens with zero attached hydrogens (tertiary/aromatic N) is 3. The molecule has 0 aliphatic rings. The van der Waals surface area contributed by atoms with E-state index in [0.29, 0.717) is 22.3 Å². The predicted molar refractivity (Wildman–Crippen MR) is 52.9 cm³/mol. The minimum atomic E-state index is 0.372. The summed E-state index contributed by atoms with van der Waals surface area (Å²) in [6.45, 7) is 1.82. The van der Waals surface area contributed by atoms with E-state index in [4.69, 9.17) is 21.9 Å². The Kier molecular flexibility index (Phi) is 1.96. The highest BCUT2D eigenvalue weighted by molar-refractivity contribution is 6.32. The van der Waals surface area contributed by atoms with Crippen molar-refractivity contribution < 1.29 is 4.52 Å². The molecule has 0 unspecified atom stereocenters. The molecule has 0 bridgehead atoms. The van der Waals surface area contributed by atoms with Crippen molar-refractivity contribution in [3.05, 3.63) is 16.8 Å². The largest absolute Gasteiger partial charge is 0.381 e. The highest BCUT2D eigenvalue weighted by Crippen LogP contribution is 2.31. The molecular weight excluding hydrogens is 204 g/mol. The Labute approximate surface area is 85.4 Å². The average Bonchev–Trinajstić information content (AvgIpc) is 2.62. The monoisotopic (exact) mass is 212 g/mol. The van der Waals surface area contributed by atoms with E-state index in [9.17, 15) is 0 Å². The van der Waals surface area contributed by atoms with Gasteiger partial charge in [0.15, 0.2) is 11.6 Å². The van der Waals surface area contributed by atoms with Crippen molar-refractivity contribution in [3.8, 4) is 11.5 Å². The maximum Gasteiger partial charge on any atom is 0.191 e. The van der Waals surface area contributed by atoms with E-state index in [1.807, 2.05) is 6.92 Å². The molecule has 0 aromatic carbocycles. The molecule has 5 nitrogen and oxygen atoms in total. The quantitative estimate of drug-likeness (QED) is 0.780. The summed E-state index contributed by atoms with van der Waals surface area (Å²) in [6.07, 6.45) is 1.55. The minimum Gasteiger partial charge on any atom is -0.381 e. The third-order valence-corrected chi connectivity index (χ3v) is 2.35. The number of anilines is 1. The van der Waals surface area contributed by atoms with Gasteiger partial charge in [0.25, 0.3) is 0 Å². The molecule has 2 heterocycles. The first-order valence-electron chi connectivity index (χ1n) is 4.01. The third-order valence-electron chi connectivity index (χ3n) is 2.07. The lowest BCUT2D eigenvalue weighted by Crippen LogP contribution is -1.94. The number of nitrogen functional groups attached to an aromatic ring is 1. The highest BCUT2D eigenvalue weighted by Gasteiger charge is 2.18. The van der Waals surface area contributed by atoms with Gasteiger partial charge in [-0.15, -0.1) is 0 Å². The van der Waals surface area contributed by atoms with E-state index < -0.39 is 0 Å². The fourth-order valence-electron chi connectivity index (χ4n) is 1.24. The summed E-state index contributed by atoms with van der Waals surface area (Å²) in [4.78, 5) is 0. The van der Waals surface area contributed by atoms with E-state index >= 15 is 0 Å². The Hall–Kier alpha value is -1.49. The van der Waals surface area contributed by atoms with E-state index in [1.54, 1.807) is 17.9 Å². The molecule has 0 aliphatic carbocycles. The lowest BCUT2D eigenvalue weighted by Gasteiger charge is -1.98. The van der Waals surface area contributed by atoms with Crippen LogP contribution in [0.2, 0.25) is 5.02 Å². The first-order valence-corrected chi connectivity index (χ1v) is 4.38. The second kappa shape index (κ2) is 3.02. The Bertz CT molecular complexity index is 454. The van der Waals surface area contributed by atoms with Gasteiger partial charge in [0.05, 0.1) is 11.2 Å². The van der Waals surface area contributed by atoms with Gasteiger partial charge in [-0.25, -0.2) is 0 Å². The number of aromatic nitrogens is 3. The summed E-state index contributed by atoms with van der Waals surface area (Å²) in [5, 5.41) is 8.18. The van der Waals surface area contributed by atoms with Crippen LogP contribution in [0.5, 0.6) is 0 Å². The number of hydrogen-bond acceptors (Lipinski definition) is 4. The van der Waals surface area contributed by atoms with Crippen molar-refractivity contribution in [2.45, 2.75) is 6.92 Å². The molecule has 2 aromatic rings. The van der Waals surface area contributed by atoms with Crippen molar-refractivity contribution in [2.75, 3.05) is 5.73 Å². The number of rotatable bonds is 1. The number of halogens is 1. The van der Waals surface area contributed by atoms with Crippen LogP contribution in [-0.4, -0.2) is 14.9 Å². The summed E-state index contributed by atoms with van der Waals surface area (Å²) >= 11 is 5.95. The van der Waals surface area contributed by atoms with Gasteiger partial charge in [-0.2, -0.15) is 5.10 Å². The van der Waals surface area contributed by atoms with Gasteiger partial charge >= 0.3 is 0 Å². The summed E-state index contributed by atoms with van der Waals surface area (Å²) in [7, 11) is 1.78. The predicted octanol–water partition coefficient (Wildman–Crippen LogP) is 1.62. The molecule has 0 fully saturated rings. The standard InChI is InChI=1S/C8H9ClN4O/c1-4-7(14-12-8(4)10)6-5(9)3-11-13(6)2/h3H,1-2H3,(H2,10,12). The summed E-state index contributed by atoms with van der Waals surface area (Å²) < 4.78 is 6.70. The van der Waals surface area contributed by atoms with Crippen LogP contribution < -0.4 is 5.73 Å². The van der Waals surface area contributed by atoms with Crippen LogP contribution in [0.1, 0.15) is 5.56 Å². The molecular formula is C8H9ClN4O. The third kappa shape index (κ3) is 1.17. The molecule has 2 aromatic heterocycles. The van der Waals surface area contributed by atoms with Gasteiger partial charge in [0, 0.05) is 12.6 Å². The maximum absolute atomic E-state index is 5.95. The minimum absolute atomic E-state index is 0.372. The van der Waals surface area contributed by atoms with E-state index in [-0.39, 0.29) is 0 Å². The SMILES string of the molecule is Cc1c(N)noc1-c1c(Cl)cnn1C. The number of aryl methyl sites for hydroxylation is 1. The Morgan fingerprint density at radius 1 is 1.57 bits per heavy atom.